The van der Waals surface area contributed by atoms with Crippen molar-refractivity contribution in [2.24, 2.45) is 5.92 Å². The molecule has 1 aliphatic heterocycles. The number of methoxy groups -OCH3 is 2. The van der Waals surface area contributed by atoms with Crippen molar-refractivity contribution in [2.75, 3.05) is 45.0 Å². The van der Waals surface area contributed by atoms with Crippen molar-refractivity contribution in [2.45, 2.75) is 6.42 Å². The molecular weight excluding hydrogens is 328 g/mol. The molecule has 2 aromatic rings. The van der Waals surface area contributed by atoms with Crippen LogP contribution in [-0.4, -0.2) is 54.3 Å². The van der Waals surface area contributed by atoms with E-state index in [9.17, 15) is 4.21 Å². The van der Waals surface area contributed by atoms with Gasteiger partial charge in [0, 0.05) is 37.3 Å². The van der Waals surface area contributed by atoms with Crippen LogP contribution < -0.4 is 19.1 Å². The normalized spacial score (nSPS) is 16.0. The van der Waals surface area contributed by atoms with Crippen LogP contribution in [0.2, 0.25) is 0 Å². The van der Waals surface area contributed by atoms with Crippen LogP contribution in [0, 0.1) is 5.92 Å². The first-order valence-electron chi connectivity index (χ1n) is 7.81. The van der Waals surface area contributed by atoms with Gasteiger partial charge in [0.2, 0.25) is 0 Å². The number of benzene rings is 1. The molecule has 3 rings (SSSR count). The third-order valence-electron chi connectivity index (χ3n) is 4.23. The van der Waals surface area contributed by atoms with Crippen LogP contribution in [0.5, 0.6) is 11.5 Å². The highest BCUT2D eigenvalue weighted by molar-refractivity contribution is 7.82. The van der Waals surface area contributed by atoms with Gasteiger partial charge in [-0.25, -0.2) is 18.9 Å². The Morgan fingerprint density at radius 3 is 2.62 bits per heavy atom. The molecule has 1 aromatic carbocycles. The van der Waals surface area contributed by atoms with Gasteiger partial charge in [0.25, 0.3) is 0 Å². The van der Waals surface area contributed by atoms with Crippen molar-refractivity contribution in [1.29, 1.82) is 0 Å². The van der Waals surface area contributed by atoms with E-state index >= 15 is 0 Å². The molecule has 0 amide bonds. The Hall–Kier alpha value is -1.93. The summed E-state index contributed by atoms with van der Waals surface area (Å²) in [5.41, 5.74) is 0.837. The Kier molecular flexibility index (Phi) is 5.15. The molecule has 2 heterocycles. The zero-order valence-electron chi connectivity index (χ0n) is 14.1. The molecule has 8 heteroatoms. The molecule has 1 atom stereocenters. The van der Waals surface area contributed by atoms with Gasteiger partial charge in [-0.2, -0.15) is 0 Å². The maximum Gasteiger partial charge on any atom is 0.162 e. The molecule has 1 unspecified atom stereocenters. The van der Waals surface area contributed by atoms with Crippen molar-refractivity contribution in [3.05, 3.63) is 18.5 Å². The molecule has 1 N–H and O–H groups in total. The van der Waals surface area contributed by atoms with Crippen molar-refractivity contribution in [3.63, 3.8) is 0 Å². The van der Waals surface area contributed by atoms with E-state index in [0.717, 1.165) is 42.8 Å². The van der Waals surface area contributed by atoms with E-state index in [0.29, 0.717) is 17.4 Å². The molecule has 130 valence electrons. The predicted molar refractivity (Wildman–Crippen MR) is 95.0 cm³/mol. The molecule has 0 spiro atoms. The quantitative estimate of drug-likeness (QED) is 0.812. The van der Waals surface area contributed by atoms with E-state index < -0.39 is 11.0 Å². The summed E-state index contributed by atoms with van der Waals surface area (Å²) >= 11 is 0. The topological polar surface area (TPSA) is 76.6 Å². The fourth-order valence-electron chi connectivity index (χ4n) is 2.95. The molecule has 7 nitrogen and oxygen atoms in total. The number of hydrogen-bond donors (Lipinski definition) is 1. The number of ether oxygens (including phenoxy) is 2. The summed E-state index contributed by atoms with van der Waals surface area (Å²) in [6.07, 6.45) is 4.25. The van der Waals surface area contributed by atoms with Crippen molar-refractivity contribution in [1.82, 2.24) is 14.7 Å². The molecule has 1 aromatic heterocycles. The van der Waals surface area contributed by atoms with E-state index in [-0.39, 0.29) is 0 Å². The molecule has 1 saturated heterocycles. The Bertz CT molecular complexity index is 749. The minimum absolute atomic E-state index is 0.589. The van der Waals surface area contributed by atoms with Crippen LogP contribution >= 0.6 is 0 Å². The molecule has 0 radical (unpaired) electrons. The van der Waals surface area contributed by atoms with Gasteiger partial charge in [-0.15, -0.1) is 0 Å². The summed E-state index contributed by atoms with van der Waals surface area (Å²) in [5.74, 6) is 2.85. The first-order chi connectivity index (χ1) is 11.6. The molecule has 24 heavy (non-hydrogen) atoms. The van der Waals surface area contributed by atoms with E-state index in [1.165, 1.54) is 0 Å². The fraction of sp³-hybridized carbons (Fsp3) is 0.500. The summed E-state index contributed by atoms with van der Waals surface area (Å²) in [6.45, 7) is 2.66. The molecule has 0 saturated carbocycles. The van der Waals surface area contributed by atoms with E-state index in [2.05, 4.69) is 19.6 Å². The number of hydrogen-bond acceptors (Lipinski definition) is 6. The lowest BCUT2D eigenvalue weighted by Gasteiger charge is -2.40. The van der Waals surface area contributed by atoms with Gasteiger partial charge in [0.05, 0.1) is 30.7 Å². The smallest absolute Gasteiger partial charge is 0.162 e. The maximum atomic E-state index is 11.0. The third kappa shape index (κ3) is 3.44. The largest absolute Gasteiger partial charge is 0.493 e. The van der Waals surface area contributed by atoms with Crippen LogP contribution in [0.25, 0.3) is 10.9 Å². The Balaban J connectivity index is 1.75. The highest BCUT2D eigenvalue weighted by Crippen LogP contribution is 2.36. The number of anilines is 1. The fourth-order valence-corrected chi connectivity index (χ4v) is 3.36. The molecule has 1 fully saturated rings. The summed E-state index contributed by atoms with van der Waals surface area (Å²) in [4.78, 5) is 11.0. The van der Waals surface area contributed by atoms with Gasteiger partial charge in [0.1, 0.15) is 12.1 Å². The van der Waals surface area contributed by atoms with Crippen LogP contribution in [0.3, 0.4) is 0 Å². The number of rotatable bonds is 7. The zero-order chi connectivity index (χ0) is 17.1. The minimum Gasteiger partial charge on any atom is -0.493 e. The van der Waals surface area contributed by atoms with E-state index in [4.69, 9.17) is 9.47 Å². The second-order valence-electron chi connectivity index (χ2n) is 5.83. The second kappa shape index (κ2) is 7.31. The van der Waals surface area contributed by atoms with Gasteiger partial charge in [-0.3, -0.25) is 0 Å². The standard InChI is InChI=1S/C16H22N4O3S/c1-22-14-6-12-13(7-15(14)23-2)17-10-18-16(12)20-8-11(9-20)4-5-19-24(3)21/h6-7,10-11,19H,4-5,8-9H2,1-3H3. The SMILES string of the molecule is COc1cc2ncnc(N3CC(CCNS(C)=O)C3)c2cc1OC. The highest BCUT2D eigenvalue weighted by atomic mass is 32.2. The van der Waals surface area contributed by atoms with Gasteiger partial charge < -0.3 is 14.4 Å². The highest BCUT2D eigenvalue weighted by Gasteiger charge is 2.29. The van der Waals surface area contributed by atoms with Crippen molar-refractivity contribution in [3.8, 4) is 11.5 Å². The number of aromatic nitrogens is 2. The van der Waals surface area contributed by atoms with Crippen LogP contribution in [0.15, 0.2) is 18.5 Å². The predicted octanol–water partition coefficient (Wildman–Crippen LogP) is 1.36. The molecular formula is C16H22N4O3S. The average molecular weight is 350 g/mol. The Labute approximate surface area is 144 Å². The van der Waals surface area contributed by atoms with E-state index in [1.807, 2.05) is 12.1 Å². The monoisotopic (exact) mass is 350 g/mol. The molecule has 1 aliphatic rings. The molecule has 0 aliphatic carbocycles. The summed E-state index contributed by atoms with van der Waals surface area (Å²) in [5, 5.41) is 0.960. The summed E-state index contributed by atoms with van der Waals surface area (Å²) < 4.78 is 24.7. The lowest BCUT2D eigenvalue weighted by Crippen LogP contribution is -2.48. The maximum absolute atomic E-state index is 11.0. The van der Waals surface area contributed by atoms with Gasteiger partial charge >= 0.3 is 0 Å². The van der Waals surface area contributed by atoms with Gasteiger partial charge in [-0.1, -0.05) is 0 Å². The van der Waals surface area contributed by atoms with Gasteiger partial charge in [0.15, 0.2) is 11.5 Å². The molecule has 0 bridgehead atoms. The average Bonchev–Trinajstić information content (AvgIpc) is 2.55. The number of nitrogens with one attached hydrogen (secondary N) is 1. The van der Waals surface area contributed by atoms with Crippen molar-refractivity contribution >= 4 is 27.7 Å². The minimum atomic E-state index is -0.940. The van der Waals surface area contributed by atoms with Crippen LogP contribution in [-0.2, 0) is 11.0 Å². The third-order valence-corrected chi connectivity index (χ3v) is 4.84. The summed E-state index contributed by atoms with van der Waals surface area (Å²) in [6, 6.07) is 3.80. The Morgan fingerprint density at radius 2 is 1.96 bits per heavy atom. The van der Waals surface area contributed by atoms with Crippen LogP contribution in [0.1, 0.15) is 6.42 Å². The number of nitrogens with zero attached hydrogens (tertiary/aromatic N) is 3. The Morgan fingerprint density at radius 1 is 1.25 bits per heavy atom. The van der Waals surface area contributed by atoms with E-state index in [1.54, 1.807) is 26.8 Å². The number of fused-ring (bicyclic) bond motifs is 1. The van der Waals surface area contributed by atoms with Gasteiger partial charge in [-0.05, 0) is 18.4 Å². The first-order valence-corrected chi connectivity index (χ1v) is 9.36. The zero-order valence-corrected chi connectivity index (χ0v) is 14.9. The first kappa shape index (κ1) is 16.9. The van der Waals surface area contributed by atoms with Crippen LogP contribution in [0.4, 0.5) is 5.82 Å². The lowest BCUT2D eigenvalue weighted by atomic mass is 9.96. The summed E-state index contributed by atoms with van der Waals surface area (Å²) in [7, 11) is 2.30. The second-order valence-corrected chi connectivity index (χ2v) is 7.03. The van der Waals surface area contributed by atoms with Crippen molar-refractivity contribution < 1.29 is 13.7 Å². The lowest BCUT2D eigenvalue weighted by molar-refractivity contribution is 0.355.